The Hall–Kier alpha value is -1.81. The van der Waals surface area contributed by atoms with Crippen LogP contribution in [0.3, 0.4) is 0 Å². The highest BCUT2D eigenvalue weighted by atomic mass is 32.2. The van der Waals surface area contributed by atoms with Gasteiger partial charge in [-0.2, -0.15) is 43.2 Å². The minimum Gasteiger partial charge on any atom is -0.279 e. The molecule has 164 valence electrons. The normalized spacial score (nSPS) is 12.1. The third-order valence-electron chi connectivity index (χ3n) is 2.31. The molecule has 0 aliphatic carbocycles. The topological polar surface area (TPSA) is 109 Å². The Bertz CT molecular complexity index is 863. The van der Waals surface area contributed by atoms with Crippen molar-refractivity contribution in [2.45, 2.75) is 20.8 Å². The number of hydrogen-bond donors (Lipinski definition) is 2. The Morgan fingerprint density at radius 2 is 0.793 bits per heavy atom. The molecule has 6 nitrogen and oxygen atoms in total. The largest absolute Gasteiger partial charge is 0.522 e. The molecule has 2 N–H and O–H groups in total. The van der Waals surface area contributed by atoms with Crippen LogP contribution in [0.1, 0.15) is 0 Å². The summed E-state index contributed by atoms with van der Waals surface area (Å²) in [5.41, 5.74) is -11.1. The van der Waals surface area contributed by atoms with E-state index in [1.807, 2.05) is 12.1 Å². The van der Waals surface area contributed by atoms with Gasteiger partial charge in [0.25, 0.3) is 0 Å². The van der Waals surface area contributed by atoms with Crippen LogP contribution in [0.25, 0.3) is 0 Å². The van der Waals surface area contributed by atoms with Crippen molar-refractivity contribution in [1.29, 1.82) is 0 Å². The van der Waals surface area contributed by atoms with Crippen LogP contribution in [0, 0.1) is 0 Å². The van der Waals surface area contributed by atoms with Gasteiger partial charge in [-0.05, 0) is 24.3 Å². The number of rotatable bonds is 2. The number of hydrogen-bond acceptors (Lipinski definition) is 5. The fourth-order valence-electron chi connectivity index (χ4n) is 1.11. The molecule has 2 aromatic rings. The first-order valence-electron chi connectivity index (χ1n) is 6.80. The standard InChI is InChI=1S/C12H10S.2CHF3O3S/c1-3-7-11(8-4-1)13-12-9-5-2-6-10-12;2*2-1(3,4)8(5,6)7/h1-10H;2*(H,5,6,7). The van der Waals surface area contributed by atoms with Crippen LogP contribution in [-0.4, -0.2) is 37.0 Å². The van der Waals surface area contributed by atoms with Crippen molar-refractivity contribution in [3.63, 3.8) is 0 Å². The smallest absolute Gasteiger partial charge is 0.279 e. The van der Waals surface area contributed by atoms with Crippen LogP contribution in [0.15, 0.2) is 70.5 Å². The van der Waals surface area contributed by atoms with Crippen molar-refractivity contribution >= 4 is 32.0 Å². The van der Waals surface area contributed by atoms with Crippen molar-refractivity contribution in [3.05, 3.63) is 60.7 Å². The molecule has 0 unspecified atom stereocenters. The first-order chi connectivity index (χ1) is 12.9. The Morgan fingerprint density at radius 1 is 0.586 bits per heavy atom. The fraction of sp³-hybridized carbons (Fsp3) is 0.143. The second kappa shape index (κ2) is 10.8. The van der Waals surface area contributed by atoms with E-state index in [4.69, 9.17) is 25.9 Å². The summed E-state index contributed by atoms with van der Waals surface area (Å²) >= 11 is 1.79. The van der Waals surface area contributed by atoms with Gasteiger partial charge in [-0.1, -0.05) is 48.2 Å². The summed E-state index contributed by atoms with van der Waals surface area (Å²) in [6.07, 6.45) is 0. The Kier molecular flexibility index (Phi) is 10.1. The number of halogens is 6. The Balaban J connectivity index is 0.000000432. The molecule has 0 aromatic heterocycles. The van der Waals surface area contributed by atoms with E-state index in [1.165, 1.54) is 9.79 Å². The summed E-state index contributed by atoms with van der Waals surface area (Å²) in [5.74, 6) is 0. The number of benzene rings is 2. The van der Waals surface area contributed by atoms with E-state index in [-0.39, 0.29) is 0 Å². The zero-order chi connectivity index (χ0) is 22.9. The predicted molar refractivity (Wildman–Crippen MR) is 92.2 cm³/mol. The van der Waals surface area contributed by atoms with Gasteiger partial charge in [-0.25, -0.2) is 0 Å². The third kappa shape index (κ3) is 11.7. The monoisotopic (exact) mass is 486 g/mol. The molecule has 29 heavy (non-hydrogen) atoms. The van der Waals surface area contributed by atoms with E-state index in [1.54, 1.807) is 11.8 Å². The highest BCUT2D eigenvalue weighted by Crippen LogP contribution is 2.26. The number of alkyl halides is 6. The second-order valence-electron chi connectivity index (χ2n) is 4.57. The SMILES string of the molecule is O=S(=O)(O)C(F)(F)F.O=S(=O)(O)C(F)(F)F.c1ccc(Sc2ccccc2)cc1. The summed E-state index contributed by atoms with van der Waals surface area (Å²) < 4.78 is 115. The summed E-state index contributed by atoms with van der Waals surface area (Å²) in [7, 11) is -11.7. The lowest BCUT2D eigenvalue weighted by atomic mass is 10.4. The van der Waals surface area contributed by atoms with Crippen LogP contribution >= 0.6 is 11.8 Å². The van der Waals surface area contributed by atoms with Gasteiger partial charge in [0.2, 0.25) is 0 Å². The van der Waals surface area contributed by atoms with E-state index in [0.29, 0.717) is 0 Å². The van der Waals surface area contributed by atoms with E-state index in [0.717, 1.165) is 0 Å². The molecule has 0 aliphatic heterocycles. The summed E-state index contributed by atoms with van der Waals surface area (Å²) in [6, 6.07) is 20.8. The van der Waals surface area contributed by atoms with E-state index in [2.05, 4.69) is 48.5 Å². The molecule has 0 amide bonds. The minimum atomic E-state index is -5.84. The molecular formula is C14H12F6O6S3. The van der Waals surface area contributed by atoms with Crippen molar-refractivity contribution in [2.75, 3.05) is 0 Å². The highest BCUT2D eigenvalue weighted by molar-refractivity contribution is 7.99. The molecule has 0 bridgehead atoms. The molecule has 0 aliphatic rings. The van der Waals surface area contributed by atoms with Gasteiger partial charge >= 0.3 is 31.3 Å². The maximum absolute atomic E-state index is 10.7. The molecule has 0 saturated carbocycles. The molecule has 0 fully saturated rings. The van der Waals surface area contributed by atoms with Crippen molar-refractivity contribution in [1.82, 2.24) is 0 Å². The van der Waals surface area contributed by atoms with Crippen molar-refractivity contribution in [3.8, 4) is 0 Å². The van der Waals surface area contributed by atoms with Crippen molar-refractivity contribution in [2.24, 2.45) is 0 Å². The third-order valence-corrected chi connectivity index (χ3v) is 4.49. The van der Waals surface area contributed by atoms with Gasteiger partial charge in [-0.3, -0.25) is 9.11 Å². The Labute approximate surface area is 166 Å². The maximum Gasteiger partial charge on any atom is 0.522 e. The predicted octanol–water partition coefficient (Wildman–Crippen LogP) is 4.63. The average molecular weight is 486 g/mol. The van der Waals surface area contributed by atoms with E-state index < -0.39 is 31.3 Å². The summed E-state index contributed by atoms with van der Waals surface area (Å²) in [4.78, 5) is 2.57. The fourth-order valence-corrected chi connectivity index (χ4v) is 1.97. The summed E-state index contributed by atoms with van der Waals surface area (Å²) in [5, 5.41) is 0. The van der Waals surface area contributed by atoms with Crippen LogP contribution in [0.4, 0.5) is 26.3 Å². The molecule has 2 aromatic carbocycles. The van der Waals surface area contributed by atoms with Crippen molar-refractivity contribution < 1.29 is 52.3 Å². The van der Waals surface area contributed by atoms with E-state index >= 15 is 0 Å². The first kappa shape index (κ1) is 27.2. The zero-order valence-corrected chi connectivity index (χ0v) is 16.2. The Morgan fingerprint density at radius 3 is 0.966 bits per heavy atom. The molecule has 0 spiro atoms. The average Bonchev–Trinajstić information content (AvgIpc) is 2.54. The first-order valence-corrected chi connectivity index (χ1v) is 10.5. The van der Waals surface area contributed by atoms with Crippen LogP contribution in [0.2, 0.25) is 0 Å². The van der Waals surface area contributed by atoms with Crippen LogP contribution < -0.4 is 0 Å². The van der Waals surface area contributed by atoms with Crippen LogP contribution in [0.5, 0.6) is 0 Å². The van der Waals surface area contributed by atoms with E-state index in [9.17, 15) is 26.3 Å². The quantitative estimate of drug-likeness (QED) is 0.362. The molecule has 0 heterocycles. The molecular weight excluding hydrogens is 474 g/mol. The second-order valence-corrected chi connectivity index (χ2v) is 8.54. The minimum absolute atomic E-state index is 1.29. The lowest BCUT2D eigenvalue weighted by Crippen LogP contribution is -2.21. The molecule has 2 rings (SSSR count). The van der Waals surface area contributed by atoms with Gasteiger partial charge in [-0.15, -0.1) is 0 Å². The highest BCUT2D eigenvalue weighted by Gasteiger charge is 2.45. The zero-order valence-electron chi connectivity index (χ0n) is 13.8. The lowest BCUT2D eigenvalue weighted by molar-refractivity contribution is -0.0514. The molecule has 0 saturated heterocycles. The van der Waals surface area contributed by atoms with Gasteiger partial charge in [0.05, 0.1) is 0 Å². The lowest BCUT2D eigenvalue weighted by Gasteiger charge is -1.99. The maximum atomic E-state index is 10.7. The molecule has 15 heteroatoms. The molecule has 0 atom stereocenters. The van der Waals surface area contributed by atoms with Crippen LogP contribution in [-0.2, 0) is 20.2 Å². The van der Waals surface area contributed by atoms with Gasteiger partial charge in [0.1, 0.15) is 0 Å². The van der Waals surface area contributed by atoms with Gasteiger partial charge < -0.3 is 0 Å². The summed E-state index contributed by atoms with van der Waals surface area (Å²) in [6.45, 7) is 0. The van der Waals surface area contributed by atoms with Gasteiger partial charge in [0, 0.05) is 9.79 Å². The molecule has 0 radical (unpaired) electrons. The van der Waals surface area contributed by atoms with Gasteiger partial charge in [0.15, 0.2) is 0 Å².